The van der Waals surface area contributed by atoms with E-state index in [1.165, 1.54) is 0 Å². The molecule has 2 aliphatic rings. The van der Waals surface area contributed by atoms with Gasteiger partial charge in [0.1, 0.15) is 0 Å². The van der Waals surface area contributed by atoms with Crippen LogP contribution in [-0.4, -0.2) is 55.3 Å². The molecule has 2 aliphatic heterocycles. The second-order valence-corrected chi connectivity index (χ2v) is 9.66. The largest absolute Gasteiger partial charge is 0.303 e. The Morgan fingerprint density at radius 1 is 1.33 bits per heavy atom. The maximum Gasteiger partial charge on any atom is 0.254 e. The second kappa shape index (κ2) is 5.77. The minimum atomic E-state index is -3.45. The van der Waals surface area contributed by atoms with E-state index in [0.29, 0.717) is 39.4 Å². The van der Waals surface area contributed by atoms with E-state index in [9.17, 15) is 8.42 Å². The number of sulfonamides is 1. The first-order valence-electron chi connectivity index (χ1n) is 7.23. The van der Waals surface area contributed by atoms with Crippen molar-refractivity contribution in [1.29, 1.82) is 0 Å². The highest BCUT2D eigenvalue weighted by Gasteiger charge is 2.39. The summed E-state index contributed by atoms with van der Waals surface area (Å²) in [6.45, 7) is 4.03. The van der Waals surface area contributed by atoms with Crippen molar-refractivity contribution < 1.29 is 8.42 Å². The molecule has 0 amide bonds. The number of piperidine rings is 2. The number of aromatic nitrogens is 1. The summed E-state index contributed by atoms with van der Waals surface area (Å²) < 4.78 is 27.8. The van der Waals surface area contributed by atoms with E-state index in [2.05, 4.69) is 16.9 Å². The molecule has 2 atom stereocenters. The molecule has 0 aromatic carbocycles. The Balaban J connectivity index is 1.83. The van der Waals surface area contributed by atoms with Crippen LogP contribution in [-0.2, 0) is 10.0 Å². The summed E-state index contributed by atoms with van der Waals surface area (Å²) >= 11 is 6.92. The van der Waals surface area contributed by atoms with Crippen LogP contribution >= 0.6 is 22.9 Å². The molecule has 5 nitrogen and oxygen atoms in total. The predicted molar refractivity (Wildman–Crippen MR) is 84.4 cm³/mol. The zero-order valence-corrected chi connectivity index (χ0v) is 14.6. The van der Waals surface area contributed by atoms with Crippen molar-refractivity contribution in [2.45, 2.75) is 36.4 Å². The summed E-state index contributed by atoms with van der Waals surface area (Å²) in [6.07, 6.45) is 3.17. The normalized spacial score (nSPS) is 28.5. The lowest BCUT2D eigenvalue weighted by Gasteiger charge is -2.45. The predicted octanol–water partition coefficient (Wildman–Crippen LogP) is 2.21. The Kier molecular flexibility index (Phi) is 4.31. The Morgan fingerprint density at radius 2 is 2.10 bits per heavy atom. The lowest BCUT2D eigenvalue weighted by atomic mass is 9.85. The molecule has 0 saturated carbocycles. The van der Waals surface area contributed by atoms with Crippen LogP contribution in [0.2, 0.25) is 4.47 Å². The fraction of sp³-hybridized carbons (Fsp3) is 0.769. The molecular weight excluding hydrogens is 330 g/mol. The Labute approximate surface area is 135 Å². The molecule has 2 unspecified atom stereocenters. The first-order valence-corrected chi connectivity index (χ1v) is 9.86. The van der Waals surface area contributed by atoms with E-state index < -0.39 is 10.0 Å². The molecule has 3 rings (SSSR count). The maximum absolute atomic E-state index is 12.8. The van der Waals surface area contributed by atoms with E-state index in [4.69, 9.17) is 11.6 Å². The van der Waals surface area contributed by atoms with Crippen LogP contribution in [0.1, 0.15) is 25.0 Å². The highest BCUT2D eigenvalue weighted by Crippen LogP contribution is 2.35. The fourth-order valence-electron chi connectivity index (χ4n) is 3.54. The summed E-state index contributed by atoms with van der Waals surface area (Å²) in [6, 6.07) is 0.524. The summed E-state index contributed by atoms with van der Waals surface area (Å²) in [4.78, 5) is 6.42. The van der Waals surface area contributed by atoms with Crippen LogP contribution in [0.5, 0.6) is 0 Å². The zero-order valence-electron chi connectivity index (χ0n) is 12.2. The van der Waals surface area contributed by atoms with Crippen LogP contribution in [0, 0.1) is 12.8 Å². The molecule has 0 radical (unpaired) electrons. The van der Waals surface area contributed by atoms with Crippen molar-refractivity contribution in [2.24, 2.45) is 5.92 Å². The Bertz CT molecular complexity index is 631. The number of thiazole rings is 1. The van der Waals surface area contributed by atoms with E-state index in [-0.39, 0.29) is 0 Å². The average Bonchev–Trinajstić information content (AvgIpc) is 2.78. The fourth-order valence-corrected chi connectivity index (χ4v) is 6.93. The standard InChI is InChI=1S/C13H20ClN3O2S2/c1-9-12(20-13(14)15-9)21(18,19)17-7-5-11-10(8-17)4-3-6-16(11)2/h10-11H,3-8H2,1-2H3. The lowest BCUT2D eigenvalue weighted by Crippen LogP contribution is -2.53. The zero-order chi connectivity index (χ0) is 15.2. The number of likely N-dealkylation sites (tertiary alicyclic amines) is 1. The number of aryl methyl sites for hydroxylation is 1. The van der Waals surface area contributed by atoms with Gasteiger partial charge in [0.2, 0.25) is 0 Å². The third-order valence-corrected chi connectivity index (χ3v) is 8.32. The summed E-state index contributed by atoms with van der Waals surface area (Å²) in [5.74, 6) is 0.441. The van der Waals surface area contributed by atoms with Crippen LogP contribution < -0.4 is 0 Å². The van der Waals surface area contributed by atoms with Gasteiger partial charge in [-0.2, -0.15) is 4.31 Å². The lowest BCUT2D eigenvalue weighted by molar-refractivity contribution is 0.0672. The van der Waals surface area contributed by atoms with Crippen molar-refractivity contribution >= 4 is 33.0 Å². The SMILES string of the molecule is Cc1nc(Cl)sc1S(=O)(=O)N1CCC2C(CCCN2C)C1. The monoisotopic (exact) mass is 349 g/mol. The van der Waals surface area contributed by atoms with Crippen molar-refractivity contribution in [3.8, 4) is 0 Å². The van der Waals surface area contributed by atoms with Crippen LogP contribution in [0.25, 0.3) is 0 Å². The molecule has 3 heterocycles. The molecular formula is C13H20ClN3O2S2. The molecule has 0 N–H and O–H groups in total. The van der Waals surface area contributed by atoms with Gasteiger partial charge >= 0.3 is 0 Å². The smallest absolute Gasteiger partial charge is 0.254 e. The van der Waals surface area contributed by atoms with E-state index >= 15 is 0 Å². The molecule has 0 aliphatic carbocycles. The maximum atomic E-state index is 12.8. The van der Waals surface area contributed by atoms with Gasteiger partial charge in [0.25, 0.3) is 10.0 Å². The number of nitrogens with zero attached hydrogens (tertiary/aromatic N) is 3. The first kappa shape index (κ1) is 15.7. The average molecular weight is 350 g/mol. The van der Waals surface area contributed by atoms with Gasteiger partial charge in [-0.3, -0.25) is 0 Å². The van der Waals surface area contributed by atoms with Gasteiger partial charge in [0.05, 0.1) is 5.69 Å². The summed E-state index contributed by atoms with van der Waals surface area (Å²) in [5.41, 5.74) is 0.507. The number of hydrogen-bond acceptors (Lipinski definition) is 5. The van der Waals surface area contributed by atoms with E-state index in [1.807, 2.05) is 0 Å². The molecule has 0 bridgehead atoms. The van der Waals surface area contributed by atoms with Gasteiger partial charge in [-0.05, 0) is 45.7 Å². The molecule has 2 saturated heterocycles. The van der Waals surface area contributed by atoms with Crippen molar-refractivity contribution in [2.75, 3.05) is 26.7 Å². The molecule has 8 heteroatoms. The quantitative estimate of drug-likeness (QED) is 0.821. The van der Waals surface area contributed by atoms with Crippen LogP contribution in [0.3, 0.4) is 0 Å². The highest BCUT2D eigenvalue weighted by molar-refractivity contribution is 7.91. The number of halogens is 1. The molecule has 2 fully saturated rings. The topological polar surface area (TPSA) is 53.5 Å². The summed E-state index contributed by atoms with van der Waals surface area (Å²) in [7, 11) is -1.31. The van der Waals surface area contributed by atoms with Gasteiger partial charge in [-0.25, -0.2) is 13.4 Å². The van der Waals surface area contributed by atoms with Gasteiger partial charge in [-0.1, -0.05) is 22.9 Å². The van der Waals surface area contributed by atoms with E-state index in [0.717, 1.165) is 37.1 Å². The Hall–Kier alpha value is -0.210. The molecule has 0 spiro atoms. The summed E-state index contributed by atoms with van der Waals surface area (Å²) in [5, 5.41) is 0. The Morgan fingerprint density at radius 3 is 2.76 bits per heavy atom. The van der Waals surface area contributed by atoms with Gasteiger partial charge in [0, 0.05) is 19.1 Å². The van der Waals surface area contributed by atoms with Crippen molar-refractivity contribution in [1.82, 2.24) is 14.2 Å². The number of hydrogen-bond donors (Lipinski definition) is 0. The molecule has 1 aromatic rings. The van der Waals surface area contributed by atoms with Crippen molar-refractivity contribution in [3.05, 3.63) is 10.2 Å². The van der Waals surface area contributed by atoms with Gasteiger partial charge < -0.3 is 4.90 Å². The third-order valence-electron chi connectivity index (χ3n) is 4.61. The van der Waals surface area contributed by atoms with Crippen LogP contribution in [0.4, 0.5) is 0 Å². The van der Waals surface area contributed by atoms with E-state index in [1.54, 1.807) is 11.2 Å². The van der Waals surface area contributed by atoms with Gasteiger partial charge in [-0.15, -0.1) is 0 Å². The molecule has 1 aromatic heterocycles. The minimum absolute atomic E-state index is 0.290. The second-order valence-electron chi connectivity index (χ2n) is 5.94. The van der Waals surface area contributed by atoms with Crippen molar-refractivity contribution in [3.63, 3.8) is 0 Å². The molecule has 21 heavy (non-hydrogen) atoms. The number of fused-ring (bicyclic) bond motifs is 1. The number of rotatable bonds is 2. The third kappa shape index (κ3) is 2.86. The highest BCUT2D eigenvalue weighted by atomic mass is 35.5. The van der Waals surface area contributed by atoms with Crippen LogP contribution in [0.15, 0.2) is 4.21 Å². The molecule has 118 valence electrons. The minimum Gasteiger partial charge on any atom is -0.303 e. The first-order chi connectivity index (χ1) is 9.89. The van der Waals surface area contributed by atoms with Gasteiger partial charge in [0.15, 0.2) is 8.68 Å².